The Kier molecular flexibility index (Phi) is 5.38. The van der Waals surface area contributed by atoms with Crippen LogP contribution in [0.25, 0.3) is 0 Å². The Hall–Kier alpha value is -1.84. The lowest BCUT2D eigenvalue weighted by Gasteiger charge is -2.34. The van der Waals surface area contributed by atoms with Crippen LogP contribution in [-0.2, 0) is 4.74 Å². The van der Waals surface area contributed by atoms with E-state index in [1.165, 1.54) is 11.6 Å². The molecular formula is C23H31FO3. The maximum Gasteiger partial charge on any atom is 0.341 e. The van der Waals surface area contributed by atoms with E-state index >= 15 is 0 Å². The number of esters is 1. The molecule has 0 aromatic heterocycles. The lowest BCUT2D eigenvalue weighted by molar-refractivity contribution is 0.00644. The van der Waals surface area contributed by atoms with Crippen molar-refractivity contribution >= 4 is 5.97 Å². The molecule has 1 aromatic carbocycles. The molecule has 3 rings (SSSR count). The van der Waals surface area contributed by atoms with Gasteiger partial charge in [-0.2, -0.15) is 0 Å². The van der Waals surface area contributed by atoms with Crippen LogP contribution in [-0.4, -0.2) is 18.2 Å². The molecule has 27 heavy (non-hydrogen) atoms. The van der Waals surface area contributed by atoms with E-state index in [1.54, 1.807) is 26.8 Å². The van der Waals surface area contributed by atoms with Crippen molar-refractivity contribution in [2.45, 2.75) is 77.7 Å². The Balaban J connectivity index is 1.78. The highest BCUT2D eigenvalue weighted by atomic mass is 19.1. The highest BCUT2D eigenvalue weighted by molar-refractivity contribution is 5.90. The number of carbonyl (C=O) groups is 1. The van der Waals surface area contributed by atoms with Crippen LogP contribution in [0.3, 0.4) is 0 Å². The van der Waals surface area contributed by atoms with Crippen molar-refractivity contribution in [1.29, 1.82) is 0 Å². The summed E-state index contributed by atoms with van der Waals surface area (Å²) in [6.07, 6.45) is 6.24. The first-order chi connectivity index (χ1) is 12.6. The molecule has 4 heteroatoms. The van der Waals surface area contributed by atoms with Gasteiger partial charge in [0.1, 0.15) is 17.2 Å². The highest BCUT2D eigenvalue weighted by Gasteiger charge is 2.33. The number of benzene rings is 1. The number of hydrogen-bond donors (Lipinski definition) is 0. The lowest BCUT2D eigenvalue weighted by atomic mass is 9.75. The molecule has 3 nitrogen and oxygen atoms in total. The summed E-state index contributed by atoms with van der Waals surface area (Å²) in [4.78, 5) is 12.4. The van der Waals surface area contributed by atoms with Gasteiger partial charge in [0.25, 0.3) is 0 Å². The molecule has 0 amide bonds. The fourth-order valence-corrected chi connectivity index (χ4v) is 3.50. The summed E-state index contributed by atoms with van der Waals surface area (Å²) in [7, 11) is 0. The third-order valence-electron chi connectivity index (χ3n) is 5.48. The second-order valence-electron chi connectivity index (χ2n) is 9.50. The van der Waals surface area contributed by atoms with Crippen LogP contribution in [0.1, 0.15) is 88.1 Å². The van der Waals surface area contributed by atoms with Crippen LogP contribution >= 0.6 is 0 Å². The molecular weight excluding hydrogens is 343 g/mol. The van der Waals surface area contributed by atoms with Gasteiger partial charge in [-0.05, 0) is 76.8 Å². The van der Waals surface area contributed by atoms with Gasteiger partial charge in [-0.25, -0.2) is 9.18 Å². The number of ether oxygens (including phenoxy) is 2. The summed E-state index contributed by atoms with van der Waals surface area (Å²) in [5, 5.41) is 0. The van der Waals surface area contributed by atoms with Crippen LogP contribution in [0.15, 0.2) is 24.3 Å². The van der Waals surface area contributed by atoms with Crippen molar-refractivity contribution in [3.05, 3.63) is 41.2 Å². The van der Waals surface area contributed by atoms with E-state index in [1.807, 2.05) is 0 Å². The maximum absolute atomic E-state index is 14.7. The monoisotopic (exact) mass is 374 g/mol. The number of rotatable bonds is 5. The molecule has 0 N–H and O–H groups in total. The average Bonchev–Trinajstić information content (AvgIpc) is 3.39. The SMILES string of the molecule is C=C1CCC(C)(COc2cc(F)c(C(=O)OC(C)(C)C)cc2C2CC2)CC1. The average molecular weight is 374 g/mol. The summed E-state index contributed by atoms with van der Waals surface area (Å²) in [6, 6.07) is 3.01. The zero-order valence-corrected chi connectivity index (χ0v) is 17.0. The molecule has 2 aliphatic carbocycles. The molecule has 2 fully saturated rings. The Morgan fingerprint density at radius 1 is 1.26 bits per heavy atom. The second-order valence-corrected chi connectivity index (χ2v) is 9.50. The maximum atomic E-state index is 14.7. The Bertz CT molecular complexity index is 731. The van der Waals surface area contributed by atoms with Crippen LogP contribution in [0.4, 0.5) is 4.39 Å². The van der Waals surface area contributed by atoms with E-state index in [-0.39, 0.29) is 11.0 Å². The molecule has 0 spiro atoms. The van der Waals surface area contributed by atoms with Crippen LogP contribution in [0, 0.1) is 11.2 Å². The van der Waals surface area contributed by atoms with Crippen LogP contribution in [0.5, 0.6) is 5.75 Å². The Labute approximate surface area is 161 Å². The van der Waals surface area contributed by atoms with Crippen molar-refractivity contribution in [2.24, 2.45) is 5.41 Å². The van der Waals surface area contributed by atoms with Crippen molar-refractivity contribution in [1.82, 2.24) is 0 Å². The smallest absolute Gasteiger partial charge is 0.341 e. The van der Waals surface area contributed by atoms with Gasteiger partial charge in [0.15, 0.2) is 0 Å². The quantitative estimate of drug-likeness (QED) is 0.456. The van der Waals surface area contributed by atoms with Gasteiger partial charge in [0, 0.05) is 11.5 Å². The normalized spacial score (nSPS) is 19.7. The first-order valence-electron chi connectivity index (χ1n) is 9.93. The summed E-state index contributed by atoms with van der Waals surface area (Å²) in [5.74, 6) is -0.273. The molecule has 0 radical (unpaired) electrons. The van der Waals surface area contributed by atoms with Crippen molar-refractivity contribution in [2.75, 3.05) is 6.61 Å². The lowest BCUT2D eigenvalue weighted by Crippen LogP contribution is -2.28. The van der Waals surface area contributed by atoms with E-state index < -0.39 is 17.4 Å². The molecule has 1 aromatic rings. The Morgan fingerprint density at radius 3 is 2.44 bits per heavy atom. The standard InChI is InChI=1S/C23H31FO3/c1-15-8-10-23(5,11-9-15)14-26-20-13-19(24)18(12-17(20)16-6-7-16)21(25)27-22(2,3)4/h12-13,16H,1,6-11,14H2,2-5H3. The molecule has 0 unspecified atom stereocenters. The molecule has 0 aliphatic heterocycles. The predicted octanol–water partition coefficient (Wildman–Crippen LogP) is 6.17. The van der Waals surface area contributed by atoms with E-state index in [4.69, 9.17) is 9.47 Å². The molecule has 0 bridgehead atoms. The molecule has 2 aliphatic rings. The highest BCUT2D eigenvalue weighted by Crippen LogP contribution is 2.46. The van der Waals surface area contributed by atoms with E-state index in [9.17, 15) is 9.18 Å². The van der Waals surface area contributed by atoms with Gasteiger partial charge in [-0.15, -0.1) is 0 Å². The predicted molar refractivity (Wildman–Crippen MR) is 105 cm³/mol. The largest absolute Gasteiger partial charge is 0.493 e. The first kappa shape index (κ1) is 19.9. The van der Waals surface area contributed by atoms with Gasteiger partial charge in [0.2, 0.25) is 0 Å². The van der Waals surface area contributed by atoms with Crippen molar-refractivity contribution in [3.63, 3.8) is 0 Å². The zero-order chi connectivity index (χ0) is 19.8. The zero-order valence-electron chi connectivity index (χ0n) is 17.0. The van der Waals surface area contributed by atoms with E-state index in [2.05, 4.69) is 13.5 Å². The van der Waals surface area contributed by atoms with Crippen LogP contribution in [0.2, 0.25) is 0 Å². The number of allylic oxidation sites excluding steroid dienone is 1. The third-order valence-corrected chi connectivity index (χ3v) is 5.48. The number of hydrogen-bond acceptors (Lipinski definition) is 3. The molecule has 0 saturated heterocycles. The molecule has 2 saturated carbocycles. The van der Waals surface area contributed by atoms with Gasteiger partial charge in [-0.1, -0.05) is 19.1 Å². The summed E-state index contributed by atoms with van der Waals surface area (Å²) in [5.41, 5.74) is 1.67. The fourth-order valence-electron chi connectivity index (χ4n) is 3.50. The second kappa shape index (κ2) is 7.29. The minimum Gasteiger partial charge on any atom is -0.493 e. The molecule has 0 atom stereocenters. The van der Waals surface area contributed by atoms with Crippen molar-refractivity contribution in [3.8, 4) is 5.75 Å². The molecule has 148 valence electrons. The minimum atomic E-state index is -0.655. The minimum absolute atomic E-state index is 0.000600. The van der Waals surface area contributed by atoms with Crippen LogP contribution < -0.4 is 4.74 Å². The summed E-state index contributed by atoms with van der Waals surface area (Å²) < 4.78 is 26.1. The topological polar surface area (TPSA) is 35.5 Å². The fraction of sp³-hybridized carbons (Fsp3) is 0.609. The number of carbonyl (C=O) groups excluding carboxylic acids is 1. The Morgan fingerprint density at radius 2 is 1.89 bits per heavy atom. The van der Waals surface area contributed by atoms with Gasteiger partial charge in [-0.3, -0.25) is 0 Å². The van der Waals surface area contributed by atoms with Gasteiger partial charge in [0.05, 0.1) is 12.2 Å². The van der Waals surface area contributed by atoms with Gasteiger partial charge >= 0.3 is 5.97 Å². The molecule has 0 heterocycles. The first-order valence-corrected chi connectivity index (χ1v) is 9.93. The van der Waals surface area contributed by atoms with E-state index in [0.717, 1.165) is 44.1 Å². The summed E-state index contributed by atoms with van der Waals surface area (Å²) >= 11 is 0. The third kappa shape index (κ3) is 5.12. The summed E-state index contributed by atoms with van der Waals surface area (Å²) in [6.45, 7) is 12.2. The van der Waals surface area contributed by atoms with Gasteiger partial charge < -0.3 is 9.47 Å². The van der Waals surface area contributed by atoms with Crippen molar-refractivity contribution < 1.29 is 18.7 Å². The number of halogens is 1. The van der Waals surface area contributed by atoms with E-state index in [0.29, 0.717) is 18.3 Å².